The van der Waals surface area contributed by atoms with Crippen molar-refractivity contribution >= 4 is 28.7 Å². The molecule has 0 aliphatic heterocycles. The van der Waals surface area contributed by atoms with Crippen LogP contribution in [0.15, 0.2) is 24.3 Å². The Kier molecular flexibility index (Phi) is 10.7. The molecule has 0 aromatic heterocycles. The van der Waals surface area contributed by atoms with Crippen LogP contribution in [0.2, 0.25) is 0 Å². The molecule has 1 aromatic carbocycles. The molecule has 0 unspecified atom stereocenters. The van der Waals surface area contributed by atoms with E-state index in [2.05, 4.69) is 30.9 Å². The Balaban J connectivity index is 0. The van der Waals surface area contributed by atoms with Crippen molar-refractivity contribution in [2.24, 2.45) is 0 Å². The normalized spacial score (nSPS) is 8.15. The summed E-state index contributed by atoms with van der Waals surface area (Å²) < 4.78 is 0. The molecule has 68 valence electrons. The number of rotatable bonds is 3. The van der Waals surface area contributed by atoms with Crippen LogP contribution in [0.5, 0.6) is 0 Å². The Hall–Kier alpha value is 0.266. The molecule has 1 rings (SSSR count). The van der Waals surface area contributed by atoms with Gasteiger partial charge in [0, 0.05) is 13.1 Å². The molecule has 3 heteroatoms. The number of para-hydroxylation sites is 1. The van der Waals surface area contributed by atoms with Gasteiger partial charge in [-0.05, 0) is 13.8 Å². The first-order valence-electron chi connectivity index (χ1n) is 4.10. The largest absolute Gasteiger partial charge is 2.00 e. The molecule has 0 radical (unpaired) electrons. The van der Waals surface area contributed by atoms with E-state index >= 15 is 0 Å². The Labute approximate surface area is 107 Å². The second-order valence-corrected chi connectivity index (χ2v) is 2.42. The second-order valence-electron chi connectivity index (χ2n) is 2.42. The smallest absolute Gasteiger partial charge is 1.00 e. The predicted molar refractivity (Wildman–Crippen MR) is 54.6 cm³/mol. The number of halogens is 1. The van der Waals surface area contributed by atoms with Gasteiger partial charge < -0.3 is 21.9 Å². The molecule has 0 fully saturated rings. The maximum atomic E-state index is 3.20. The number of hydrogen-bond donors (Lipinski definition) is 0. The zero-order valence-corrected chi connectivity index (χ0v) is 11.3. The maximum absolute atomic E-state index is 3.20. The van der Waals surface area contributed by atoms with Gasteiger partial charge in [0.1, 0.15) is 0 Å². The third-order valence-electron chi connectivity index (χ3n) is 1.80. The summed E-state index contributed by atoms with van der Waals surface area (Å²) in [6.07, 6.45) is 0. The van der Waals surface area contributed by atoms with Crippen LogP contribution in [0.3, 0.4) is 0 Å². The van der Waals surface area contributed by atoms with Crippen LogP contribution in [0, 0.1) is 6.07 Å². The van der Waals surface area contributed by atoms with Crippen molar-refractivity contribution in [2.45, 2.75) is 13.8 Å². The molecule has 0 N–H and O–H groups in total. The van der Waals surface area contributed by atoms with E-state index in [0.29, 0.717) is 0 Å². The minimum Gasteiger partial charge on any atom is -1.00 e. The average Bonchev–Trinajstić information content (AvgIpc) is 2.09. The van der Waals surface area contributed by atoms with Crippen LogP contribution in [-0.2, 0) is 0 Å². The Morgan fingerprint density at radius 1 is 1.23 bits per heavy atom. The molecule has 0 saturated heterocycles. The molecule has 1 aromatic rings. The van der Waals surface area contributed by atoms with Gasteiger partial charge in [-0.15, -0.1) is 6.07 Å². The van der Waals surface area contributed by atoms with Crippen LogP contribution in [-0.4, -0.2) is 36.1 Å². The molecule has 0 bridgehead atoms. The molecule has 0 aliphatic carbocycles. The third kappa shape index (κ3) is 4.89. The maximum Gasteiger partial charge on any atom is 2.00 e. The van der Waals surface area contributed by atoms with E-state index in [0.717, 1.165) is 13.1 Å². The molecule has 0 heterocycles. The number of hydrogen-bond acceptors (Lipinski definition) is 1. The predicted octanol–water partition coefficient (Wildman–Crippen LogP) is -1.04. The van der Waals surface area contributed by atoms with Gasteiger partial charge in [-0.1, -0.05) is 5.69 Å². The first-order valence-corrected chi connectivity index (χ1v) is 4.10. The van der Waals surface area contributed by atoms with Crippen molar-refractivity contribution in [3.05, 3.63) is 30.3 Å². The molecule has 0 aliphatic rings. The third-order valence-corrected chi connectivity index (χ3v) is 1.80. The monoisotopic (exact) mass is 251 g/mol. The summed E-state index contributed by atoms with van der Waals surface area (Å²) >= 11 is 0. The summed E-state index contributed by atoms with van der Waals surface area (Å²) in [4.78, 5) is 2.28. The fraction of sp³-hybridized carbons (Fsp3) is 0.400. The van der Waals surface area contributed by atoms with Gasteiger partial charge in [0.15, 0.2) is 0 Å². The average molecular weight is 252 g/mol. The van der Waals surface area contributed by atoms with Gasteiger partial charge in [0.05, 0.1) is 0 Å². The molecule has 0 spiro atoms. The fourth-order valence-corrected chi connectivity index (χ4v) is 1.14. The van der Waals surface area contributed by atoms with Crippen LogP contribution in [0.1, 0.15) is 13.8 Å². The second kappa shape index (κ2) is 8.85. The van der Waals surface area contributed by atoms with E-state index in [4.69, 9.17) is 0 Å². The summed E-state index contributed by atoms with van der Waals surface area (Å²) in [6, 6.07) is 11.3. The van der Waals surface area contributed by atoms with Gasteiger partial charge in [0.25, 0.3) is 0 Å². The van der Waals surface area contributed by atoms with Crippen LogP contribution in [0.4, 0.5) is 5.69 Å². The van der Waals surface area contributed by atoms with Gasteiger partial charge >= 0.3 is 23.1 Å². The molecule has 0 saturated carbocycles. The quantitative estimate of drug-likeness (QED) is 0.490. The first-order chi connectivity index (χ1) is 5.38. The first kappa shape index (κ1) is 15.7. The standard InChI is InChI=1S/C10H14N.BrH.Mg/c1-3-11(4-2)10-8-6-5-7-9-10;;/h5-8H,3-4H2,1-2H3;1H;/q-1;;+2/p-1. The van der Waals surface area contributed by atoms with E-state index < -0.39 is 0 Å². The van der Waals surface area contributed by atoms with Crippen molar-refractivity contribution in [1.82, 2.24) is 0 Å². The minimum atomic E-state index is 0. The number of nitrogens with zero attached hydrogens (tertiary/aromatic N) is 1. The minimum absolute atomic E-state index is 0. The fourth-order valence-electron chi connectivity index (χ4n) is 1.14. The van der Waals surface area contributed by atoms with Gasteiger partial charge in [-0.2, -0.15) is 24.3 Å². The van der Waals surface area contributed by atoms with Gasteiger partial charge in [-0.3, -0.25) is 0 Å². The molecular formula is C10H14BrMgN. The van der Waals surface area contributed by atoms with Crippen molar-refractivity contribution < 1.29 is 17.0 Å². The number of benzene rings is 1. The molecule has 0 atom stereocenters. The Morgan fingerprint density at radius 3 is 2.23 bits per heavy atom. The molecule has 0 amide bonds. The van der Waals surface area contributed by atoms with Crippen molar-refractivity contribution in [3.8, 4) is 0 Å². The van der Waals surface area contributed by atoms with Gasteiger partial charge in [0.2, 0.25) is 0 Å². The molecule has 13 heavy (non-hydrogen) atoms. The van der Waals surface area contributed by atoms with Crippen LogP contribution >= 0.6 is 0 Å². The Bertz CT molecular complexity index is 199. The van der Waals surface area contributed by atoms with Crippen molar-refractivity contribution in [1.29, 1.82) is 0 Å². The van der Waals surface area contributed by atoms with Gasteiger partial charge in [-0.25, -0.2) is 0 Å². The van der Waals surface area contributed by atoms with Crippen molar-refractivity contribution in [3.63, 3.8) is 0 Å². The topological polar surface area (TPSA) is 3.24 Å². The van der Waals surface area contributed by atoms with E-state index in [1.807, 2.05) is 18.2 Å². The number of anilines is 1. The summed E-state index contributed by atoms with van der Waals surface area (Å²) in [5, 5.41) is 0. The summed E-state index contributed by atoms with van der Waals surface area (Å²) in [5.74, 6) is 0. The van der Waals surface area contributed by atoms with Crippen LogP contribution < -0.4 is 21.9 Å². The van der Waals surface area contributed by atoms with E-state index in [1.54, 1.807) is 0 Å². The summed E-state index contributed by atoms with van der Waals surface area (Å²) in [5.41, 5.74) is 1.19. The zero-order chi connectivity index (χ0) is 8.10. The van der Waals surface area contributed by atoms with E-state index in [1.165, 1.54) is 5.69 Å². The van der Waals surface area contributed by atoms with Crippen LogP contribution in [0.25, 0.3) is 0 Å². The van der Waals surface area contributed by atoms with E-state index in [9.17, 15) is 0 Å². The SMILES string of the molecule is CCN(CC)c1[c-]cccc1.[Br-].[Mg+2]. The Morgan fingerprint density at radius 2 is 1.85 bits per heavy atom. The molecular weight excluding hydrogens is 238 g/mol. The van der Waals surface area contributed by atoms with Crippen molar-refractivity contribution in [2.75, 3.05) is 18.0 Å². The summed E-state index contributed by atoms with van der Waals surface area (Å²) in [7, 11) is 0. The van der Waals surface area contributed by atoms with E-state index in [-0.39, 0.29) is 40.0 Å². The summed E-state index contributed by atoms with van der Waals surface area (Å²) in [6.45, 7) is 6.42. The zero-order valence-electron chi connectivity index (χ0n) is 8.26. The molecule has 1 nitrogen and oxygen atoms in total.